The number of nitrogens with one attached hydrogen (secondary N) is 1. The highest BCUT2D eigenvalue weighted by molar-refractivity contribution is 6.16. The molecule has 2 aromatic heterocycles. The number of nitrogens with two attached hydrogens (primary N) is 1. The summed E-state index contributed by atoms with van der Waals surface area (Å²) >= 11 is 0. The Morgan fingerprint density at radius 3 is 2.57 bits per heavy atom. The Kier molecular flexibility index (Phi) is 5.64. The molecule has 4 rings (SSSR count). The molecule has 0 aliphatic heterocycles. The second kappa shape index (κ2) is 8.16. The number of aromatic amines is 1. The number of carbonyl (C=O) groups is 2. The number of amides is 1. The molecule has 7 heteroatoms. The van der Waals surface area contributed by atoms with Gasteiger partial charge in [0.05, 0.1) is 12.7 Å². The van der Waals surface area contributed by atoms with Gasteiger partial charge in [0, 0.05) is 40.5 Å². The fraction of sp³-hybridized carbons (Fsp3) is 0.0870. The summed E-state index contributed by atoms with van der Waals surface area (Å²) in [7, 11) is 1.43. The van der Waals surface area contributed by atoms with Gasteiger partial charge in [-0.25, -0.2) is 9.37 Å². The van der Waals surface area contributed by atoms with Gasteiger partial charge in [-0.1, -0.05) is 19.6 Å². The number of primary amides is 1. The molecule has 2 heterocycles. The van der Waals surface area contributed by atoms with E-state index in [0.717, 1.165) is 5.56 Å². The lowest BCUT2D eigenvalue weighted by atomic mass is 10.00. The van der Waals surface area contributed by atoms with E-state index in [-0.39, 0.29) is 13.0 Å². The van der Waals surface area contributed by atoms with E-state index in [1.807, 2.05) is 6.07 Å². The van der Waals surface area contributed by atoms with Crippen LogP contribution in [0.2, 0.25) is 0 Å². The van der Waals surface area contributed by atoms with Crippen LogP contribution in [0.15, 0.2) is 60.9 Å². The van der Waals surface area contributed by atoms with Crippen LogP contribution in [0.1, 0.15) is 33.7 Å². The summed E-state index contributed by atoms with van der Waals surface area (Å²) in [6.45, 7) is 0. The fourth-order valence-corrected chi connectivity index (χ4v) is 3.15. The first-order valence-electron chi connectivity index (χ1n) is 8.73. The Morgan fingerprint density at radius 1 is 1.07 bits per heavy atom. The molecular weight excluding hydrogens is 385 g/mol. The molecule has 1 amide bonds. The number of methoxy groups -OCH3 is 1. The average molecular weight is 405 g/mol. The van der Waals surface area contributed by atoms with Crippen molar-refractivity contribution in [1.29, 1.82) is 0 Å². The van der Waals surface area contributed by atoms with Gasteiger partial charge >= 0.3 is 0 Å². The van der Waals surface area contributed by atoms with Gasteiger partial charge in [-0.15, -0.1) is 0 Å². The van der Waals surface area contributed by atoms with Crippen molar-refractivity contribution in [2.45, 2.75) is 7.43 Å². The first-order valence-corrected chi connectivity index (χ1v) is 8.73. The van der Waals surface area contributed by atoms with Crippen molar-refractivity contribution in [2.24, 2.45) is 5.73 Å². The molecule has 152 valence electrons. The van der Waals surface area contributed by atoms with Gasteiger partial charge in [0.25, 0.3) is 0 Å². The molecule has 2 aromatic carbocycles. The van der Waals surface area contributed by atoms with Crippen LogP contribution in [0.3, 0.4) is 0 Å². The predicted octanol–water partition coefficient (Wildman–Crippen LogP) is 4.34. The van der Waals surface area contributed by atoms with Crippen LogP contribution in [0, 0.1) is 5.82 Å². The lowest BCUT2D eigenvalue weighted by Crippen LogP contribution is -2.10. The number of hydrogen-bond donors (Lipinski definition) is 2. The van der Waals surface area contributed by atoms with Crippen molar-refractivity contribution in [3.8, 4) is 16.9 Å². The van der Waals surface area contributed by atoms with Gasteiger partial charge in [0.15, 0.2) is 5.78 Å². The van der Waals surface area contributed by atoms with E-state index < -0.39 is 17.5 Å². The van der Waals surface area contributed by atoms with Crippen LogP contribution in [0.4, 0.5) is 4.39 Å². The Labute approximate surface area is 172 Å². The number of hydrogen-bond acceptors (Lipinski definition) is 4. The molecule has 4 aromatic rings. The number of rotatable bonds is 5. The predicted molar refractivity (Wildman–Crippen MR) is 113 cm³/mol. The minimum atomic E-state index is -0.665. The molecule has 0 spiro atoms. The van der Waals surface area contributed by atoms with E-state index in [0.29, 0.717) is 33.5 Å². The normalized spacial score (nSPS) is 10.5. The highest BCUT2D eigenvalue weighted by Crippen LogP contribution is 2.28. The van der Waals surface area contributed by atoms with E-state index in [1.54, 1.807) is 30.5 Å². The molecule has 0 unspecified atom stereocenters. The fourth-order valence-electron chi connectivity index (χ4n) is 3.15. The van der Waals surface area contributed by atoms with Crippen LogP contribution in [-0.2, 0) is 0 Å². The van der Waals surface area contributed by atoms with Crippen molar-refractivity contribution < 1.29 is 18.7 Å². The summed E-state index contributed by atoms with van der Waals surface area (Å²) in [6.07, 6.45) is 3.13. The van der Waals surface area contributed by atoms with E-state index >= 15 is 0 Å². The zero-order valence-electron chi connectivity index (χ0n) is 15.4. The third-order valence-corrected chi connectivity index (χ3v) is 4.68. The maximum atomic E-state index is 14.4. The van der Waals surface area contributed by atoms with Crippen molar-refractivity contribution in [2.75, 3.05) is 7.11 Å². The first-order chi connectivity index (χ1) is 14.0. The van der Waals surface area contributed by atoms with Crippen LogP contribution < -0.4 is 10.5 Å². The van der Waals surface area contributed by atoms with Crippen LogP contribution in [-0.4, -0.2) is 28.8 Å². The zero-order valence-corrected chi connectivity index (χ0v) is 15.4. The topological polar surface area (TPSA) is 98.1 Å². The van der Waals surface area contributed by atoms with Gasteiger partial charge in [0.2, 0.25) is 5.91 Å². The molecule has 0 fully saturated rings. The highest BCUT2D eigenvalue weighted by Gasteiger charge is 2.19. The number of fused-ring (bicyclic) bond motifs is 1. The standard InChI is InChI=1S/C22H16FN3O3.CH4/c1-29-15-5-6-16(19(23)9-15)20(27)18-11-26-22-17(18)8-14(10-25-22)12-3-2-4-13(7-12)21(24)28;/h2-11H,1H3,(H2,24,28)(H,25,26);1H4. The molecule has 0 bridgehead atoms. The second-order valence-electron chi connectivity index (χ2n) is 6.44. The molecule has 0 aliphatic rings. The molecule has 0 radical (unpaired) electrons. The van der Waals surface area contributed by atoms with Crippen molar-refractivity contribution >= 4 is 22.7 Å². The average Bonchev–Trinajstić information content (AvgIpc) is 3.16. The summed E-state index contributed by atoms with van der Waals surface area (Å²) < 4.78 is 19.4. The highest BCUT2D eigenvalue weighted by atomic mass is 19.1. The summed E-state index contributed by atoms with van der Waals surface area (Å²) in [5, 5.41) is 0.548. The third kappa shape index (κ3) is 3.65. The van der Waals surface area contributed by atoms with E-state index in [4.69, 9.17) is 10.5 Å². The van der Waals surface area contributed by atoms with Gasteiger partial charge in [-0.3, -0.25) is 9.59 Å². The Morgan fingerprint density at radius 2 is 1.87 bits per heavy atom. The number of nitrogens with zero attached hydrogens (tertiary/aromatic N) is 1. The number of aromatic nitrogens is 2. The summed E-state index contributed by atoms with van der Waals surface area (Å²) in [6, 6.07) is 12.7. The second-order valence-corrected chi connectivity index (χ2v) is 6.44. The minimum absolute atomic E-state index is 0. The van der Waals surface area contributed by atoms with Crippen LogP contribution >= 0.6 is 0 Å². The molecule has 30 heavy (non-hydrogen) atoms. The SMILES string of the molecule is C.COc1ccc(C(=O)c2c[nH]c3ncc(-c4cccc(C(N)=O)c4)cc23)c(F)c1. The summed E-state index contributed by atoms with van der Waals surface area (Å²) in [5.41, 5.74) is 7.88. The number of carbonyl (C=O) groups excluding carboxylic acids is 2. The maximum absolute atomic E-state index is 14.4. The Bertz CT molecular complexity index is 1260. The third-order valence-electron chi connectivity index (χ3n) is 4.68. The minimum Gasteiger partial charge on any atom is -0.497 e. The van der Waals surface area contributed by atoms with Gasteiger partial charge < -0.3 is 15.5 Å². The Balaban J connectivity index is 0.00000256. The van der Waals surface area contributed by atoms with E-state index in [9.17, 15) is 14.0 Å². The van der Waals surface area contributed by atoms with Crippen molar-refractivity contribution in [3.63, 3.8) is 0 Å². The molecular formula is C23H20FN3O3. The molecule has 0 atom stereocenters. The molecule has 3 N–H and O–H groups in total. The molecule has 0 saturated carbocycles. The lowest BCUT2D eigenvalue weighted by Gasteiger charge is -2.06. The largest absolute Gasteiger partial charge is 0.497 e. The monoisotopic (exact) mass is 405 g/mol. The van der Waals surface area contributed by atoms with Crippen LogP contribution in [0.5, 0.6) is 5.75 Å². The summed E-state index contributed by atoms with van der Waals surface area (Å²) in [5.74, 6) is -1.34. The molecule has 0 saturated heterocycles. The number of pyridine rings is 1. The van der Waals surface area contributed by atoms with E-state index in [1.165, 1.54) is 31.5 Å². The lowest BCUT2D eigenvalue weighted by molar-refractivity contribution is 0.0998. The first kappa shape index (κ1) is 20.7. The smallest absolute Gasteiger partial charge is 0.248 e. The zero-order chi connectivity index (χ0) is 20.5. The number of ketones is 1. The maximum Gasteiger partial charge on any atom is 0.248 e. The molecule has 0 aliphatic carbocycles. The van der Waals surface area contributed by atoms with Gasteiger partial charge in [-0.05, 0) is 35.9 Å². The quantitative estimate of drug-likeness (QED) is 0.483. The summed E-state index contributed by atoms with van der Waals surface area (Å²) in [4.78, 5) is 31.7. The van der Waals surface area contributed by atoms with Crippen LogP contribution in [0.25, 0.3) is 22.2 Å². The number of benzene rings is 2. The van der Waals surface area contributed by atoms with Gasteiger partial charge in [-0.2, -0.15) is 0 Å². The van der Waals surface area contributed by atoms with Crippen molar-refractivity contribution in [1.82, 2.24) is 9.97 Å². The van der Waals surface area contributed by atoms with Gasteiger partial charge in [0.1, 0.15) is 17.2 Å². The number of halogens is 1. The van der Waals surface area contributed by atoms with E-state index in [2.05, 4.69) is 9.97 Å². The number of ether oxygens (including phenoxy) is 1. The Hall–Kier alpha value is -4.00. The molecule has 6 nitrogen and oxygen atoms in total. The number of H-pyrrole nitrogens is 1. The van der Waals surface area contributed by atoms with Crippen molar-refractivity contribution in [3.05, 3.63) is 83.4 Å².